The summed E-state index contributed by atoms with van der Waals surface area (Å²) in [6.07, 6.45) is 1.38. The zero-order valence-electron chi connectivity index (χ0n) is 20.4. The Labute approximate surface area is 222 Å². The predicted molar refractivity (Wildman–Crippen MR) is 141 cm³/mol. The highest BCUT2D eigenvalue weighted by molar-refractivity contribution is 6.31. The minimum absolute atomic E-state index is 0.108. The number of nitriles is 1. The standard InChI is InChI=1S/C26H25ClF2N6O3/c1-2-34-25-20(8-16(27)12-33-25)19-4-3-15(11-30)7-23(19)35(26(34)38)24-21(28)9-17(10-22(24)29)31-5-6-32-18(13-36)14-37/h3-4,7-10,12,18,31-32,36-37H,2,5-6,13-14H2,1H3. The summed E-state index contributed by atoms with van der Waals surface area (Å²) < 4.78 is 31.1. The van der Waals surface area contributed by atoms with Gasteiger partial charge in [0.2, 0.25) is 0 Å². The highest BCUT2D eigenvalue weighted by atomic mass is 35.5. The zero-order chi connectivity index (χ0) is 27.4. The maximum atomic E-state index is 15.6. The Hall–Kier alpha value is -3.82. The number of rotatable bonds is 9. The van der Waals surface area contributed by atoms with Crippen LogP contribution in [0.5, 0.6) is 0 Å². The summed E-state index contributed by atoms with van der Waals surface area (Å²) in [6.45, 7) is 1.90. The van der Waals surface area contributed by atoms with E-state index < -0.39 is 29.4 Å². The van der Waals surface area contributed by atoms with Crippen LogP contribution in [0.4, 0.5) is 36.5 Å². The summed E-state index contributed by atoms with van der Waals surface area (Å²) in [5.74, 6) is -1.73. The van der Waals surface area contributed by atoms with Crippen molar-refractivity contribution < 1.29 is 23.8 Å². The summed E-state index contributed by atoms with van der Waals surface area (Å²) in [4.78, 5) is 20.3. The van der Waals surface area contributed by atoms with Crippen molar-refractivity contribution in [3.05, 3.63) is 64.8 Å². The third-order valence-corrected chi connectivity index (χ3v) is 6.26. The molecule has 2 aromatic carbocycles. The normalized spacial score (nSPS) is 12.7. The summed E-state index contributed by atoms with van der Waals surface area (Å²) in [5, 5.41) is 33.8. The van der Waals surface area contributed by atoms with E-state index in [1.165, 1.54) is 17.2 Å². The number of pyridine rings is 1. The Morgan fingerprint density at radius 2 is 1.82 bits per heavy atom. The molecule has 1 aliphatic heterocycles. The highest BCUT2D eigenvalue weighted by Gasteiger charge is 2.36. The quantitative estimate of drug-likeness (QED) is 0.301. The van der Waals surface area contributed by atoms with Crippen molar-refractivity contribution in [2.45, 2.75) is 13.0 Å². The number of hydrogen-bond acceptors (Lipinski definition) is 7. The second kappa shape index (κ2) is 11.7. The van der Waals surface area contributed by atoms with Gasteiger partial charge in [-0.05, 0) is 37.3 Å². The van der Waals surface area contributed by atoms with Gasteiger partial charge in [0.05, 0.1) is 41.6 Å². The molecule has 0 saturated heterocycles. The number of carbonyl (C=O) groups is 1. The number of halogens is 3. The fourth-order valence-electron chi connectivity index (χ4n) is 4.23. The molecule has 0 radical (unpaired) electrons. The second-order valence-corrected chi connectivity index (χ2v) is 8.90. The number of hydrogen-bond donors (Lipinski definition) is 4. The molecule has 2 amide bonds. The molecular weight excluding hydrogens is 518 g/mol. The third-order valence-electron chi connectivity index (χ3n) is 6.05. The lowest BCUT2D eigenvalue weighted by molar-refractivity contribution is 0.172. The van der Waals surface area contributed by atoms with Crippen molar-refractivity contribution in [1.29, 1.82) is 5.26 Å². The fraction of sp³-hybridized carbons (Fsp3) is 0.269. The van der Waals surface area contributed by atoms with E-state index in [1.807, 2.05) is 6.07 Å². The Morgan fingerprint density at radius 1 is 1.11 bits per heavy atom. The summed E-state index contributed by atoms with van der Waals surface area (Å²) in [5.41, 5.74) is 0.731. The summed E-state index contributed by atoms with van der Waals surface area (Å²) in [6, 6.07) is 9.02. The van der Waals surface area contributed by atoms with Gasteiger partial charge < -0.3 is 20.8 Å². The van der Waals surface area contributed by atoms with Gasteiger partial charge in [0.25, 0.3) is 0 Å². The lowest BCUT2D eigenvalue weighted by Crippen LogP contribution is -2.41. The van der Waals surface area contributed by atoms with Crippen molar-refractivity contribution in [1.82, 2.24) is 10.3 Å². The largest absolute Gasteiger partial charge is 0.395 e. The molecule has 12 heteroatoms. The molecule has 4 N–H and O–H groups in total. The Bertz CT molecular complexity index is 1370. The van der Waals surface area contributed by atoms with Crippen LogP contribution in [0.1, 0.15) is 12.5 Å². The smallest absolute Gasteiger partial charge is 0.334 e. The average Bonchev–Trinajstić information content (AvgIpc) is 3.00. The molecule has 0 aliphatic carbocycles. The molecule has 0 fully saturated rings. The van der Waals surface area contributed by atoms with Crippen molar-refractivity contribution >= 4 is 40.5 Å². The first-order valence-corrected chi connectivity index (χ1v) is 12.2. The molecule has 0 bridgehead atoms. The lowest BCUT2D eigenvalue weighted by atomic mass is 10.0. The molecule has 1 aliphatic rings. The first-order chi connectivity index (χ1) is 18.3. The van der Waals surface area contributed by atoms with Crippen LogP contribution in [0.15, 0.2) is 42.6 Å². The van der Waals surface area contributed by atoms with Gasteiger partial charge in [-0.15, -0.1) is 0 Å². The zero-order valence-corrected chi connectivity index (χ0v) is 21.1. The van der Waals surface area contributed by atoms with Gasteiger partial charge in [0.15, 0.2) is 11.6 Å². The minimum atomic E-state index is -1.00. The van der Waals surface area contributed by atoms with Crippen molar-refractivity contribution in [2.75, 3.05) is 48.0 Å². The van der Waals surface area contributed by atoms with Gasteiger partial charge in [-0.2, -0.15) is 5.26 Å². The van der Waals surface area contributed by atoms with Crippen LogP contribution in [-0.2, 0) is 0 Å². The molecule has 2 heterocycles. The Morgan fingerprint density at radius 3 is 2.45 bits per heavy atom. The number of amides is 2. The number of urea groups is 1. The van der Waals surface area contributed by atoms with Crippen LogP contribution in [-0.4, -0.2) is 60.1 Å². The summed E-state index contributed by atoms with van der Waals surface area (Å²) >= 11 is 6.20. The van der Waals surface area contributed by atoms with E-state index in [4.69, 9.17) is 21.8 Å². The van der Waals surface area contributed by atoms with E-state index in [0.29, 0.717) is 22.7 Å². The second-order valence-electron chi connectivity index (χ2n) is 8.46. The molecule has 38 heavy (non-hydrogen) atoms. The average molecular weight is 543 g/mol. The van der Waals surface area contributed by atoms with Crippen LogP contribution in [0.2, 0.25) is 5.02 Å². The topological polar surface area (TPSA) is 125 Å². The fourth-order valence-corrected chi connectivity index (χ4v) is 4.38. The molecule has 9 nitrogen and oxygen atoms in total. The molecule has 0 spiro atoms. The van der Waals surface area contributed by atoms with E-state index in [1.54, 1.807) is 25.1 Å². The predicted octanol–water partition coefficient (Wildman–Crippen LogP) is 4.00. The molecule has 0 unspecified atom stereocenters. The number of nitrogens with zero attached hydrogens (tertiary/aromatic N) is 4. The minimum Gasteiger partial charge on any atom is -0.395 e. The van der Waals surface area contributed by atoms with Crippen LogP contribution < -0.4 is 20.4 Å². The van der Waals surface area contributed by atoms with Gasteiger partial charge in [-0.3, -0.25) is 9.80 Å². The monoisotopic (exact) mass is 542 g/mol. The van der Waals surface area contributed by atoms with Gasteiger partial charge >= 0.3 is 6.03 Å². The molecule has 0 atom stereocenters. The molecule has 198 valence electrons. The molecule has 3 aromatic rings. The van der Waals surface area contributed by atoms with Crippen molar-refractivity contribution in [2.24, 2.45) is 0 Å². The van der Waals surface area contributed by atoms with E-state index in [0.717, 1.165) is 17.0 Å². The van der Waals surface area contributed by atoms with E-state index in [9.17, 15) is 10.1 Å². The number of fused-ring (bicyclic) bond motifs is 3. The van der Waals surface area contributed by atoms with Crippen LogP contribution in [0.3, 0.4) is 0 Å². The number of carbonyl (C=O) groups excluding carboxylic acids is 1. The van der Waals surface area contributed by atoms with Gasteiger partial charge in [-0.1, -0.05) is 17.7 Å². The number of aliphatic hydroxyl groups is 2. The maximum Gasteiger partial charge on any atom is 0.334 e. The number of aliphatic hydroxyl groups excluding tert-OH is 2. The van der Waals surface area contributed by atoms with Crippen molar-refractivity contribution in [3.8, 4) is 17.2 Å². The van der Waals surface area contributed by atoms with Gasteiger partial charge in [0, 0.05) is 42.6 Å². The summed E-state index contributed by atoms with van der Waals surface area (Å²) in [7, 11) is 0. The number of benzene rings is 2. The molecule has 4 rings (SSSR count). The number of nitrogens with one attached hydrogen (secondary N) is 2. The van der Waals surface area contributed by atoms with E-state index in [-0.39, 0.29) is 49.1 Å². The molecule has 0 saturated carbocycles. The number of anilines is 4. The van der Waals surface area contributed by atoms with Gasteiger partial charge in [-0.25, -0.2) is 18.6 Å². The molecular formula is C26H25ClF2N6O3. The van der Waals surface area contributed by atoms with E-state index >= 15 is 8.78 Å². The van der Waals surface area contributed by atoms with Crippen LogP contribution >= 0.6 is 11.6 Å². The first kappa shape index (κ1) is 27.2. The van der Waals surface area contributed by atoms with Crippen LogP contribution in [0, 0.1) is 23.0 Å². The van der Waals surface area contributed by atoms with E-state index in [2.05, 4.69) is 15.6 Å². The van der Waals surface area contributed by atoms with Crippen LogP contribution in [0.25, 0.3) is 11.1 Å². The molecule has 1 aromatic heterocycles. The Balaban J connectivity index is 1.78. The third kappa shape index (κ3) is 5.25. The SMILES string of the molecule is CCN1C(=O)N(c2c(F)cc(NCCNC(CO)CO)cc2F)c2cc(C#N)ccc2-c2cc(Cl)cnc21. The lowest BCUT2D eigenvalue weighted by Gasteiger charge is -2.28. The maximum absolute atomic E-state index is 15.6. The van der Waals surface area contributed by atoms with Crippen molar-refractivity contribution in [3.63, 3.8) is 0 Å². The van der Waals surface area contributed by atoms with Gasteiger partial charge in [0.1, 0.15) is 11.5 Å². The Kier molecular flexibility index (Phi) is 8.38. The number of aromatic nitrogens is 1. The highest BCUT2D eigenvalue weighted by Crippen LogP contribution is 2.45. The first-order valence-electron chi connectivity index (χ1n) is 11.8.